The van der Waals surface area contributed by atoms with Gasteiger partial charge in [0.1, 0.15) is 6.10 Å². The summed E-state index contributed by atoms with van der Waals surface area (Å²) in [7, 11) is 0. The summed E-state index contributed by atoms with van der Waals surface area (Å²) < 4.78 is 5.80. The van der Waals surface area contributed by atoms with E-state index in [1.54, 1.807) is 0 Å². The number of fused-ring (bicyclic) bond motifs is 5. The topological polar surface area (TPSA) is 101 Å². The predicted octanol–water partition coefficient (Wildman–Crippen LogP) is 6.31. The van der Waals surface area contributed by atoms with Crippen molar-refractivity contribution in [1.82, 2.24) is 0 Å². The summed E-state index contributed by atoms with van der Waals surface area (Å²) in [5, 5.41) is 18.0. The van der Waals surface area contributed by atoms with E-state index in [2.05, 4.69) is 20.8 Å². The Bertz CT molecular complexity index is 809. The van der Waals surface area contributed by atoms with Crippen molar-refractivity contribution in [2.24, 2.45) is 46.3 Å². The zero-order valence-electron chi connectivity index (χ0n) is 22.0. The van der Waals surface area contributed by atoms with Crippen LogP contribution in [-0.4, -0.2) is 34.2 Å². The van der Waals surface area contributed by atoms with Gasteiger partial charge in [-0.25, -0.2) is 0 Å². The van der Waals surface area contributed by atoms with Gasteiger partial charge in [0.2, 0.25) is 0 Å². The molecule has 35 heavy (non-hydrogen) atoms. The van der Waals surface area contributed by atoms with E-state index in [0.717, 1.165) is 43.4 Å². The number of rotatable bonds is 9. The first-order valence-electron chi connectivity index (χ1n) is 14.2. The minimum atomic E-state index is -0.866. The van der Waals surface area contributed by atoms with Crippen molar-refractivity contribution in [3.8, 4) is 0 Å². The van der Waals surface area contributed by atoms with Crippen molar-refractivity contribution in [2.45, 2.75) is 117 Å². The molecule has 0 amide bonds. The van der Waals surface area contributed by atoms with E-state index in [4.69, 9.17) is 9.84 Å². The van der Waals surface area contributed by atoms with Gasteiger partial charge >= 0.3 is 17.9 Å². The molecule has 0 radical (unpaired) electrons. The molecular weight excluding hydrogens is 444 g/mol. The first kappa shape index (κ1) is 26.5. The molecule has 0 heterocycles. The minimum absolute atomic E-state index is 0.0123. The van der Waals surface area contributed by atoms with E-state index in [-0.39, 0.29) is 31.3 Å². The maximum absolute atomic E-state index is 12.2. The van der Waals surface area contributed by atoms with Crippen LogP contribution in [-0.2, 0) is 19.1 Å². The molecule has 0 saturated heterocycles. The molecule has 9 atom stereocenters. The highest BCUT2D eigenvalue weighted by atomic mass is 16.5. The fraction of sp³-hybridized carbons (Fsp3) is 0.897. The number of hydrogen-bond acceptors (Lipinski definition) is 4. The fourth-order valence-corrected chi connectivity index (χ4v) is 9.48. The number of hydrogen-bond donors (Lipinski definition) is 2. The van der Waals surface area contributed by atoms with Crippen LogP contribution in [0.1, 0.15) is 111 Å². The first-order valence-corrected chi connectivity index (χ1v) is 14.2. The average molecular weight is 491 g/mol. The molecule has 0 aromatic carbocycles. The second kappa shape index (κ2) is 10.4. The molecule has 6 nitrogen and oxygen atoms in total. The van der Waals surface area contributed by atoms with Gasteiger partial charge < -0.3 is 14.9 Å². The normalized spacial score (nSPS) is 41.2. The van der Waals surface area contributed by atoms with Crippen molar-refractivity contribution in [3.63, 3.8) is 0 Å². The van der Waals surface area contributed by atoms with Gasteiger partial charge in [-0.15, -0.1) is 0 Å². The molecule has 0 aliphatic heterocycles. The van der Waals surface area contributed by atoms with E-state index in [1.807, 2.05) is 0 Å². The summed E-state index contributed by atoms with van der Waals surface area (Å²) in [5.41, 5.74) is 0.675. The number of carbonyl (C=O) groups is 3. The maximum Gasteiger partial charge on any atom is 0.306 e. The van der Waals surface area contributed by atoms with Crippen LogP contribution in [0.2, 0.25) is 0 Å². The Labute approximate surface area is 210 Å². The smallest absolute Gasteiger partial charge is 0.306 e. The third-order valence-corrected chi connectivity index (χ3v) is 11.3. The monoisotopic (exact) mass is 490 g/mol. The number of carboxylic acid groups (broad SMARTS) is 2. The lowest BCUT2D eigenvalue weighted by Crippen LogP contribution is -2.54. The number of carbonyl (C=O) groups excluding carboxylic acids is 1. The van der Waals surface area contributed by atoms with E-state index in [9.17, 15) is 19.5 Å². The molecule has 4 saturated carbocycles. The number of esters is 1. The third-order valence-electron chi connectivity index (χ3n) is 11.3. The van der Waals surface area contributed by atoms with Gasteiger partial charge in [0, 0.05) is 19.3 Å². The summed E-state index contributed by atoms with van der Waals surface area (Å²) in [4.78, 5) is 34.1. The van der Waals surface area contributed by atoms with Crippen LogP contribution in [0.25, 0.3) is 0 Å². The Morgan fingerprint density at radius 2 is 1.54 bits per heavy atom. The fourth-order valence-electron chi connectivity index (χ4n) is 9.48. The molecule has 0 aromatic heterocycles. The summed E-state index contributed by atoms with van der Waals surface area (Å²) in [5.74, 6) is 2.24. The van der Waals surface area contributed by atoms with Gasteiger partial charge in [-0.05, 0) is 117 Å². The Balaban J connectivity index is 1.36. The van der Waals surface area contributed by atoms with Crippen molar-refractivity contribution in [2.75, 3.05) is 0 Å². The molecule has 0 unspecified atom stereocenters. The van der Waals surface area contributed by atoms with E-state index in [0.29, 0.717) is 35.0 Å². The van der Waals surface area contributed by atoms with Crippen molar-refractivity contribution in [1.29, 1.82) is 0 Å². The zero-order chi connectivity index (χ0) is 25.4. The lowest BCUT2D eigenvalue weighted by Gasteiger charge is -2.61. The number of carboxylic acids is 2. The average Bonchev–Trinajstić information content (AvgIpc) is 3.14. The molecule has 4 rings (SSSR count). The first-order chi connectivity index (χ1) is 16.5. The van der Waals surface area contributed by atoms with Crippen LogP contribution in [0, 0.1) is 46.3 Å². The molecule has 4 aliphatic carbocycles. The van der Waals surface area contributed by atoms with Crippen molar-refractivity contribution in [3.05, 3.63) is 0 Å². The molecule has 198 valence electrons. The highest BCUT2D eigenvalue weighted by Gasteiger charge is 2.60. The molecule has 2 N–H and O–H groups in total. The zero-order valence-corrected chi connectivity index (χ0v) is 22.0. The Morgan fingerprint density at radius 3 is 2.26 bits per heavy atom. The summed E-state index contributed by atoms with van der Waals surface area (Å²) in [6, 6.07) is 0. The van der Waals surface area contributed by atoms with E-state index in [1.165, 1.54) is 38.5 Å². The van der Waals surface area contributed by atoms with Gasteiger partial charge in [0.15, 0.2) is 0 Å². The van der Waals surface area contributed by atoms with Crippen LogP contribution >= 0.6 is 0 Å². The molecular formula is C29H46O6. The van der Waals surface area contributed by atoms with Crippen LogP contribution in [0.4, 0.5) is 0 Å². The highest BCUT2D eigenvalue weighted by molar-refractivity contribution is 5.71. The van der Waals surface area contributed by atoms with E-state index >= 15 is 0 Å². The van der Waals surface area contributed by atoms with Crippen molar-refractivity contribution < 1.29 is 29.3 Å². The maximum atomic E-state index is 12.2. The Hall–Kier alpha value is -1.59. The Kier molecular flexibility index (Phi) is 7.88. The SMILES string of the molecule is C[C@H](CCC(=O)O)[C@H]1CC[C@H]2[C@@H]3CC[C@@H]4C[C@H](OC(=O)CCCC(=O)O)CC[C@]4(C)[C@H]3CC[C@]12C. The van der Waals surface area contributed by atoms with Gasteiger partial charge in [-0.2, -0.15) is 0 Å². The quantitative estimate of drug-likeness (QED) is 0.367. The van der Waals surface area contributed by atoms with Gasteiger partial charge in [0.05, 0.1) is 0 Å². The van der Waals surface area contributed by atoms with Gasteiger partial charge in [-0.3, -0.25) is 14.4 Å². The Morgan fingerprint density at radius 1 is 0.857 bits per heavy atom. The predicted molar refractivity (Wildman–Crippen MR) is 133 cm³/mol. The van der Waals surface area contributed by atoms with Crippen molar-refractivity contribution >= 4 is 17.9 Å². The van der Waals surface area contributed by atoms with Crippen LogP contribution in [0.15, 0.2) is 0 Å². The summed E-state index contributed by atoms with van der Waals surface area (Å²) in [6.45, 7) is 7.33. The molecule has 0 aromatic rings. The minimum Gasteiger partial charge on any atom is -0.481 e. The summed E-state index contributed by atoms with van der Waals surface area (Å²) >= 11 is 0. The lowest BCUT2D eigenvalue weighted by molar-refractivity contribution is -0.163. The second-order valence-electron chi connectivity index (χ2n) is 12.9. The standard InChI is InChI=1S/C29H46O6/c1-18(7-12-26(32)33)22-10-11-23-21-9-8-19-17-20(35-27(34)6-4-5-25(30)31)13-15-28(19,2)24(21)14-16-29(22,23)3/h18-24H,4-17H2,1-3H3,(H,30,31)(H,32,33)/t18-,19-,20-,21+,22-,23+,24+,28+,29-/m1/s1. The molecule has 0 spiro atoms. The highest BCUT2D eigenvalue weighted by Crippen LogP contribution is 2.68. The molecule has 6 heteroatoms. The van der Waals surface area contributed by atoms with Crippen LogP contribution in [0.3, 0.4) is 0 Å². The molecule has 4 fully saturated rings. The second-order valence-corrected chi connectivity index (χ2v) is 12.9. The lowest BCUT2D eigenvalue weighted by atomic mass is 9.44. The van der Waals surface area contributed by atoms with Crippen LogP contribution in [0.5, 0.6) is 0 Å². The third kappa shape index (κ3) is 5.27. The summed E-state index contributed by atoms with van der Waals surface area (Å²) in [6.07, 6.45) is 12.3. The largest absolute Gasteiger partial charge is 0.481 e. The van der Waals surface area contributed by atoms with Gasteiger partial charge in [-0.1, -0.05) is 20.8 Å². The van der Waals surface area contributed by atoms with E-state index < -0.39 is 11.9 Å². The number of aliphatic carboxylic acids is 2. The molecule has 4 aliphatic rings. The molecule has 0 bridgehead atoms. The van der Waals surface area contributed by atoms with Gasteiger partial charge in [0.25, 0.3) is 0 Å². The van der Waals surface area contributed by atoms with Crippen LogP contribution < -0.4 is 0 Å². The number of ether oxygens (including phenoxy) is 1.